The van der Waals surface area contributed by atoms with Crippen LogP contribution in [-0.2, 0) is 21.1 Å². The van der Waals surface area contributed by atoms with Crippen LogP contribution in [0.3, 0.4) is 0 Å². The molecule has 2 aliphatic carbocycles. The highest BCUT2D eigenvalue weighted by atomic mass is 17.2. The van der Waals surface area contributed by atoms with Gasteiger partial charge in [-0.2, -0.15) is 10.2 Å². The van der Waals surface area contributed by atoms with Crippen molar-refractivity contribution in [1.82, 2.24) is 10.2 Å². The Labute approximate surface area is 165 Å². The standard InChI is InChI=1S/C22H28N2O4/c25-22(27-19-7-3-1-4-8-19)21-12-17-14-24-23-13-16(17)11-18(21)15-26-28-20-9-5-2-6-10-20/h11-14,19-20H,1-10,15H2. The lowest BCUT2D eigenvalue weighted by atomic mass is 9.97. The Morgan fingerprint density at radius 1 is 0.857 bits per heavy atom. The van der Waals surface area contributed by atoms with Crippen molar-refractivity contribution in [3.63, 3.8) is 0 Å². The molecule has 1 aromatic carbocycles. The maximum atomic E-state index is 12.9. The number of hydrogen-bond donors (Lipinski definition) is 0. The molecule has 2 saturated carbocycles. The smallest absolute Gasteiger partial charge is 0.338 e. The van der Waals surface area contributed by atoms with Gasteiger partial charge in [0.2, 0.25) is 0 Å². The van der Waals surface area contributed by atoms with Crippen molar-refractivity contribution in [3.8, 4) is 0 Å². The Kier molecular flexibility index (Phi) is 6.49. The molecule has 0 N–H and O–H groups in total. The van der Waals surface area contributed by atoms with Crippen LogP contribution in [0, 0.1) is 0 Å². The summed E-state index contributed by atoms with van der Waals surface area (Å²) < 4.78 is 5.79. The first kappa shape index (κ1) is 19.3. The average Bonchev–Trinajstić information content (AvgIpc) is 2.74. The Morgan fingerprint density at radius 3 is 2.14 bits per heavy atom. The molecule has 6 heteroatoms. The Morgan fingerprint density at radius 2 is 1.46 bits per heavy atom. The van der Waals surface area contributed by atoms with Gasteiger partial charge in [-0.1, -0.05) is 25.7 Å². The summed E-state index contributed by atoms with van der Waals surface area (Å²) in [6.07, 6.45) is 14.6. The van der Waals surface area contributed by atoms with E-state index in [9.17, 15) is 4.79 Å². The molecule has 2 aromatic rings. The average molecular weight is 384 g/mol. The van der Waals surface area contributed by atoms with Crippen molar-refractivity contribution in [2.45, 2.75) is 83.0 Å². The molecule has 1 heterocycles. The highest BCUT2D eigenvalue weighted by Crippen LogP contribution is 2.26. The van der Waals surface area contributed by atoms with Crippen LogP contribution in [0.15, 0.2) is 24.5 Å². The van der Waals surface area contributed by atoms with Crippen LogP contribution >= 0.6 is 0 Å². The SMILES string of the molecule is O=C(OC1CCCCC1)c1cc2cnncc2cc1COOC1CCCCC1. The van der Waals surface area contributed by atoms with Gasteiger partial charge in [-0.15, -0.1) is 0 Å². The molecule has 0 aliphatic heterocycles. The Balaban J connectivity index is 1.49. The molecule has 0 unspecified atom stereocenters. The number of benzene rings is 1. The van der Waals surface area contributed by atoms with E-state index in [2.05, 4.69) is 10.2 Å². The minimum Gasteiger partial charge on any atom is -0.459 e. The van der Waals surface area contributed by atoms with Crippen LogP contribution in [0.5, 0.6) is 0 Å². The van der Waals surface area contributed by atoms with E-state index in [-0.39, 0.29) is 24.8 Å². The summed E-state index contributed by atoms with van der Waals surface area (Å²) in [4.78, 5) is 24.0. The monoisotopic (exact) mass is 384 g/mol. The van der Waals surface area contributed by atoms with E-state index < -0.39 is 0 Å². The molecule has 0 radical (unpaired) electrons. The number of hydrogen-bond acceptors (Lipinski definition) is 6. The molecule has 4 rings (SSSR count). The lowest BCUT2D eigenvalue weighted by Crippen LogP contribution is -2.22. The van der Waals surface area contributed by atoms with Crippen LogP contribution in [0.1, 0.15) is 80.1 Å². The van der Waals surface area contributed by atoms with Gasteiger partial charge in [0, 0.05) is 10.8 Å². The van der Waals surface area contributed by atoms with Gasteiger partial charge in [0.25, 0.3) is 0 Å². The van der Waals surface area contributed by atoms with E-state index in [1.807, 2.05) is 12.1 Å². The third kappa shape index (κ3) is 4.86. The molecule has 6 nitrogen and oxygen atoms in total. The van der Waals surface area contributed by atoms with E-state index in [1.54, 1.807) is 12.4 Å². The van der Waals surface area contributed by atoms with Crippen LogP contribution in [0.25, 0.3) is 10.8 Å². The second kappa shape index (κ2) is 9.43. The van der Waals surface area contributed by atoms with Crippen LogP contribution < -0.4 is 0 Å². The molecule has 28 heavy (non-hydrogen) atoms. The fourth-order valence-electron chi connectivity index (χ4n) is 4.16. The highest BCUT2D eigenvalue weighted by Gasteiger charge is 2.22. The zero-order valence-electron chi connectivity index (χ0n) is 16.3. The number of rotatable bonds is 6. The van der Waals surface area contributed by atoms with Gasteiger partial charge in [-0.3, -0.25) is 0 Å². The van der Waals surface area contributed by atoms with E-state index in [0.717, 1.165) is 54.9 Å². The number of fused-ring (bicyclic) bond motifs is 1. The van der Waals surface area contributed by atoms with Gasteiger partial charge >= 0.3 is 5.97 Å². The number of aromatic nitrogens is 2. The van der Waals surface area contributed by atoms with Crippen molar-refractivity contribution in [1.29, 1.82) is 0 Å². The molecule has 0 atom stereocenters. The van der Waals surface area contributed by atoms with E-state index in [0.29, 0.717) is 5.56 Å². The van der Waals surface area contributed by atoms with Gasteiger partial charge in [0.05, 0.1) is 24.1 Å². The molecular formula is C22H28N2O4. The number of esters is 1. The van der Waals surface area contributed by atoms with Crippen molar-refractivity contribution < 1.29 is 19.3 Å². The molecule has 0 saturated heterocycles. The Hall–Kier alpha value is -2.05. The zero-order chi connectivity index (χ0) is 19.2. The maximum absolute atomic E-state index is 12.9. The zero-order valence-corrected chi connectivity index (χ0v) is 16.3. The summed E-state index contributed by atoms with van der Waals surface area (Å²) in [6.45, 7) is 0.212. The molecule has 2 fully saturated rings. The third-order valence-electron chi connectivity index (χ3n) is 5.79. The normalized spacial score (nSPS) is 19.0. The quantitative estimate of drug-likeness (QED) is 0.401. The fourth-order valence-corrected chi connectivity index (χ4v) is 4.16. The first-order chi connectivity index (χ1) is 13.8. The molecule has 150 valence electrons. The van der Waals surface area contributed by atoms with Crippen molar-refractivity contribution in [2.75, 3.05) is 0 Å². The van der Waals surface area contributed by atoms with E-state index in [1.165, 1.54) is 25.7 Å². The molecule has 1 aromatic heterocycles. The molecule has 2 aliphatic rings. The third-order valence-corrected chi connectivity index (χ3v) is 5.79. The van der Waals surface area contributed by atoms with Crippen molar-refractivity contribution >= 4 is 16.7 Å². The summed E-state index contributed by atoms with van der Waals surface area (Å²) >= 11 is 0. The van der Waals surface area contributed by atoms with E-state index in [4.69, 9.17) is 14.5 Å². The van der Waals surface area contributed by atoms with Gasteiger partial charge in [0.1, 0.15) is 12.7 Å². The summed E-state index contributed by atoms with van der Waals surface area (Å²) in [6, 6.07) is 3.75. The van der Waals surface area contributed by atoms with Crippen molar-refractivity contribution in [2.24, 2.45) is 0 Å². The maximum Gasteiger partial charge on any atom is 0.338 e. The lowest BCUT2D eigenvalue weighted by molar-refractivity contribution is -0.337. The number of ether oxygens (including phenoxy) is 1. The number of carbonyl (C=O) groups is 1. The van der Waals surface area contributed by atoms with Gasteiger partial charge < -0.3 is 4.74 Å². The summed E-state index contributed by atoms with van der Waals surface area (Å²) in [5.41, 5.74) is 1.29. The minimum absolute atomic E-state index is 0.0137. The molecule has 0 amide bonds. The van der Waals surface area contributed by atoms with E-state index >= 15 is 0 Å². The summed E-state index contributed by atoms with van der Waals surface area (Å²) in [5, 5.41) is 9.64. The summed E-state index contributed by atoms with van der Waals surface area (Å²) in [7, 11) is 0. The van der Waals surface area contributed by atoms with Crippen LogP contribution in [0.2, 0.25) is 0 Å². The second-order valence-electron chi connectivity index (χ2n) is 7.91. The van der Waals surface area contributed by atoms with Crippen molar-refractivity contribution in [3.05, 3.63) is 35.7 Å². The molecule has 0 spiro atoms. The number of nitrogens with zero attached hydrogens (tertiary/aromatic N) is 2. The van der Waals surface area contributed by atoms with Gasteiger partial charge in [-0.25, -0.2) is 14.6 Å². The highest BCUT2D eigenvalue weighted by molar-refractivity contribution is 5.96. The second-order valence-corrected chi connectivity index (χ2v) is 7.91. The van der Waals surface area contributed by atoms with Gasteiger partial charge in [0.15, 0.2) is 0 Å². The first-order valence-electron chi connectivity index (χ1n) is 10.5. The molecular weight excluding hydrogens is 356 g/mol. The molecule has 0 bridgehead atoms. The summed E-state index contributed by atoms with van der Waals surface area (Å²) in [5.74, 6) is -0.290. The largest absolute Gasteiger partial charge is 0.459 e. The predicted octanol–water partition coefficient (Wildman–Crippen LogP) is 4.90. The Bertz CT molecular complexity index is 798. The lowest BCUT2D eigenvalue weighted by Gasteiger charge is -2.23. The predicted molar refractivity (Wildman–Crippen MR) is 105 cm³/mol. The topological polar surface area (TPSA) is 70.5 Å². The fraction of sp³-hybridized carbons (Fsp3) is 0.591. The van der Waals surface area contributed by atoms with Crippen LogP contribution in [-0.4, -0.2) is 28.4 Å². The minimum atomic E-state index is -0.290. The van der Waals surface area contributed by atoms with Gasteiger partial charge in [-0.05, 0) is 56.2 Å². The first-order valence-corrected chi connectivity index (χ1v) is 10.5. The van der Waals surface area contributed by atoms with Crippen LogP contribution in [0.4, 0.5) is 0 Å². The number of carbonyl (C=O) groups excluding carboxylic acids is 1.